The predicted octanol–water partition coefficient (Wildman–Crippen LogP) is 1.14. The zero-order valence-electron chi connectivity index (χ0n) is 18.5. The molecule has 2 aromatic rings. The first-order valence-corrected chi connectivity index (χ1v) is 12.3. The Morgan fingerprint density at radius 3 is 2.61 bits per heavy atom. The molecule has 2 aliphatic heterocycles. The molecule has 0 radical (unpaired) electrons. The number of hydrogen-bond acceptors (Lipinski definition) is 8. The Balaban J connectivity index is 1.25. The summed E-state index contributed by atoms with van der Waals surface area (Å²) in [5, 5.41) is 26.1. The number of para-hydroxylation sites is 2. The molecule has 2 aliphatic rings. The lowest BCUT2D eigenvalue weighted by molar-refractivity contribution is -0.153. The van der Waals surface area contributed by atoms with Crippen LogP contribution < -0.4 is 16.0 Å². The van der Waals surface area contributed by atoms with Crippen molar-refractivity contribution in [3.63, 3.8) is 0 Å². The molecular formula is C23H31N5O4S. The number of benzene rings is 1. The van der Waals surface area contributed by atoms with E-state index in [0.29, 0.717) is 13.1 Å². The Morgan fingerprint density at radius 2 is 1.91 bits per heavy atom. The molecule has 2 fully saturated rings. The zero-order chi connectivity index (χ0) is 23.4. The average molecular weight is 474 g/mol. The van der Waals surface area contributed by atoms with Crippen LogP contribution in [0.25, 0.3) is 0 Å². The molecule has 3 heterocycles. The van der Waals surface area contributed by atoms with Crippen molar-refractivity contribution in [3.8, 4) is 0 Å². The fraction of sp³-hybridized carbons (Fsp3) is 0.522. The molecule has 0 aliphatic carbocycles. The number of carbonyl (C=O) groups excluding carboxylic acids is 2. The van der Waals surface area contributed by atoms with Gasteiger partial charge >= 0.3 is 0 Å². The summed E-state index contributed by atoms with van der Waals surface area (Å²) < 4.78 is 0. The summed E-state index contributed by atoms with van der Waals surface area (Å²) in [7, 11) is 0. The van der Waals surface area contributed by atoms with Crippen molar-refractivity contribution in [3.05, 3.63) is 40.8 Å². The number of likely N-dealkylation sites (tertiary alicyclic amines) is 1. The van der Waals surface area contributed by atoms with Gasteiger partial charge in [-0.1, -0.05) is 12.1 Å². The number of nitrogen functional groups attached to an aromatic ring is 1. The second kappa shape index (κ2) is 10.5. The lowest BCUT2D eigenvalue weighted by Crippen LogP contribution is -2.51. The second-order valence-electron chi connectivity index (χ2n) is 8.68. The lowest BCUT2D eigenvalue weighted by atomic mass is 9.96. The van der Waals surface area contributed by atoms with Gasteiger partial charge in [0.05, 0.1) is 17.4 Å². The van der Waals surface area contributed by atoms with Crippen LogP contribution in [0.5, 0.6) is 0 Å². The van der Waals surface area contributed by atoms with Gasteiger partial charge in [-0.05, 0) is 43.7 Å². The van der Waals surface area contributed by atoms with Crippen LogP contribution in [-0.4, -0.2) is 70.3 Å². The fourth-order valence-corrected chi connectivity index (χ4v) is 5.42. The van der Waals surface area contributed by atoms with Crippen LogP contribution in [0.3, 0.4) is 0 Å². The molecule has 178 valence electrons. The van der Waals surface area contributed by atoms with Gasteiger partial charge in [0.2, 0.25) is 0 Å². The molecule has 4 rings (SSSR count). The van der Waals surface area contributed by atoms with Gasteiger partial charge < -0.3 is 31.1 Å². The number of amides is 2. The van der Waals surface area contributed by atoms with Crippen molar-refractivity contribution in [2.24, 2.45) is 5.92 Å². The number of thiazole rings is 1. The predicted molar refractivity (Wildman–Crippen MR) is 127 cm³/mol. The number of aliphatic hydroxyl groups excluding tert-OH is 2. The molecule has 1 aromatic heterocycles. The monoisotopic (exact) mass is 473 g/mol. The summed E-state index contributed by atoms with van der Waals surface area (Å²) in [6.45, 7) is 2.51. The molecular weight excluding hydrogens is 442 g/mol. The van der Waals surface area contributed by atoms with Gasteiger partial charge in [-0.2, -0.15) is 0 Å². The third-order valence-corrected chi connectivity index (χ3v) is 7.43. The van der Waals surface area contributed by atoms with E-state index in [1.165, 1.54) is 16.2 Å². The number of aromatic nitrogens is 1. The highest BCUT2D eigenvalue weighted by Gasteiger charge is 2.39. The topological polar surface area (TPSA) is 132 Å². The van der Waals surface area contributed by atoms with E-state index in [-0.39, 0.29) is 12.0 Å². The van der Waals surface area contributed by atoms with Crippen molar-refractivity contribution in [2.75, 3.05) is 36.8 Å². The first-order valence-electron chi connectivity index (χ1n) is 11.4. The third-order valence-electron chi connectivity index (χ3n) is 6.55. The number of nitrogens with zero attached hydrogens (tertiary/aromatic N) is 3. The molecule has 10 heteroatoms. The number of anilines is 2. The van der Waals surface area contributed by atoms with Crippen LogP contribution in [0.2, 0.25) is 0 Å². The molecule has 1 aromatic carbocycles. The van der Waals surface area contributed by atoms with E-state index in [9.17, 15) is 19.8 Å². The summed E-state index contributed by atoms with van der Waals surface area (Å²) in [5.74, 6) is -1.11. The first kappa shape index (κ1) is 23.5. The van der Waals surface area contributed by atoms with Crippen molar-refractivity contribution in [2.45, 2.75) is 43.9 Å². The summed E-state index contributed by atoms with van der Waals surface area (Å²) in [6.07, 6.45) is 1.36. The standard InChI is InChI=1S/C23H31N5O4S/c24-16-4-1-2-5-17(16)27-11-7-15(8-12-27)14-26-21(31)19(29)20(30)23(32)28-10-3-6-18(28)22-25-9-13-33-22/h1-2,4-5,9,13,15,18-20,29-30H,3,6-8,10-12,14,24H2,(H,26,31)/t18?,19-,20-/m1/s1. The van der Waals surface area contributed by atoms with E-state index in [0.717, 1.165) is 55.2 Å². The van der Waals surface area contributed by atoms with E-state index >= 15 is 0 Å². The van der Waals surface area contributed by atoms with Crippen molar-refractivity contribution >= 4 is 34.5 Å². The van der Waals surface area contributed by atoms with E-state index in [1.807, 2.05) is 29.6 Å². The number of nitrogens with one attached hydrogen (secondary N) is 1. The van der Waals surface area contributed by atoms with Crippen molar-refractivity contribution < 1.29 is 19.8 Å². The highest BCUT2D eigenvalue weighted by Crippen LogP contribution is 2.33. The Morgan fingerprint density at radius 1 is 1.15 bits per heavy atom. The van der Waals surface area contributed by atoms with Crippen LogP contribution in [-0.2, 0) is 9.59 Å². The number of carbonyl (C=O) groups is 2. The van der Waals surface area contributed by atoms with Crippen LogP contribution in [0.15, 0.2) is 35.8 Å². The van der Waals surface area contributed by atoms with Gasteiger partial charge in [0.1, 0.15) is 5.01 Å². The SMILES string of the molecule is Nc1ccccc1N1CCC(CNC(=O)[C@H](O)[C@@H](O)C(=O)N2CCCC2c2nccs2)CC1. The van der Waals surface area contributed by atoms with Crippen LogP contribution >= 0.6 is 11.3 Å². The van der Waals surface area contributed by atoms with Crippen LogP contribution in [0.4, 0.5) is 11.4 Å². The minimum Gasteiger partial charge on any atom is -0.397 e. The van der Waals surface area contributed by atoms with Gasteiger partial charge in [0, 0.05) is 37.8 Å². The molecule has 5 N–H and O–H groups in total. The quantitative estimate of drug-likeness (QED) is 0.444. The highest BCUT2D eigenvalue weighted by atomic mass is 32.1. The Kier molecular flexibility index (Phi) is 7.46. The van der Waals surface area contributed by atoms with Crippen LogP contribution in [0, 0.1) is 5.92 Å². The number of aliphatic hydroxyl groups is 2. The Hall–Kier alpha value is -2.69. The highest BCUT2D eigenvalue weighted by molar-refractivity contribution is 7.09. The smallest absolute Gasteiger partial charge is 0.255 e. The molecule has 33 heavy (non-hydrogen) atoms. The van der Waals surface area contributed by atoms with E-state index in [2.05, 4.69) is 15.2 Å². The Bertz CT molecular complexity index is 948. The zero-order valence-corrected chi connectivity index (χ0v) is 19.3. The normalized spacial score (nSPS) is 21.1. The van der Waals surface area contributed by atoms with E-state index < -0.39 is 24.0 Å². The molecule has 0 bridgehead atoms. The van der Waals surface area contributed by atoms with Gasteiger partial charge in [-0.25, -0.2) is 4.98 Å². The maximum atomic E-state index is 12.8. The summed E-state index contributed by atoms with van der Waals surface area (Å²) in [6, 6.07) is 7.55. The number of nitrogens with two attached hydrogens (primary N) is 1. The fourth-order valence-electron chi connectivity index (χ4n) is 4.64. The van der Waals surface area contributed by atoms with Crippen molar-refractivity contribution in [1.29, 1.82) is 0 Å². The third kappa shape index (κ3) is 5.29. The minimum atomic E-state index is -1.81. The number of rotatable bonds is 7. The summed E-state index contributed by atoms with van der Waals surface area (Å²) in [5.41, 5.74) is 7.84. The average Bonchev–Trinajstić information content (AvgIpc) is 3.54. The molecule has 1 unspecified atom stereocenters. The molecule has 2 amide bonds. The van der Waals surface area contributed by atoms with Gasteiger partial charge in [0.15, 0.2) is 12.2 Å². The van der Waals surface area contributed by atoms with Gasteiger partial charge in [-0.15, -0.1) is 11.3 Å². The molecule has 3 atom stereocenters. The number of hydrogen-bond donors (Lipinski definition) is 4. The van der Waals surface area contributed by atoms with Crippen LogP contribution in [0.1, 0.15) is 36.7 Å². The van der Waals surface area contributed by atoms with Gasteiger partial charge in [0.25, 0.3) is 11.8 Å². The van der Waals surface area contributed by atoms with Gasteiger partial charge in [-0.3, -0.25) is 9.59 Å². The molecule has 9 nitrogen and oxygen atoms in total. The second-order valence-corrected chi connectivity index (χ2v) is 9.61. The van der Waals surface area contributed by atoms with E-state index in [1.54, 1.807) is 6.20 Å². The molecule has 0 saturated carbocycles. The van der Waals surface area contributed by atoms with Crippen molar-refractivity contribution in [1.82, 2.24) is 15.2 Å². The summed E-state index contributed by atoms with van der Waals surface area (Å²) in [4.78, 5) is 33.3. The largest absolute Gasteiger partial charge is 0.397 e. The first-order chi connectivity index (χ1) is 16.0. The Labute approximate surface area is 197 Å². The lowest BCUT2D eigenvalue weighted by Gasteiger charge is -2.34. The molecule has 2 saturated heterocycles. The maximum absolute atomic E-state index is 12.8. The van der Waals surface area contributed by atoms with E-state index in [4.69, 9.17) is 5.73 Å². The minimum absolute atomic E-state index is 0.216. The molecule has 0 spiro atoms. The maximum Gasteiger partial charge on any atom is 0.255 e. The number of piperidine rings is 1. The summed E-state index contributed by atoms with van der Waals surface area (Å²) >= 11 is 1.45.